The number of fused-ring (bicyclic) bond motifs is 14. The summed E-state index contributed by atoms with van der Waals surface area (Å²) in [7, 11) is 0. The quantitative estimate of drug-likeness (QED) is 0.168. The van der Waals surface area contributed by atoms with Crippen molar-refractivity contribution in [2.45, 2.75) is 10.8 Å². The van der Waals surface area contributed by atoms with Gasteiger partial charge < -0.3 is 4.90 Å². The van der Waals surface area contributed by atoms with Gasteiger partial charge in [-0.1, -0.05) is 206 Å². The first-order valence-electron chi connectivity index (χ1n) is 21.3. The maximum Gasteiger partial charge on any atom is 0.0734 e. The number of nitrogens with zero attached hydrogens (tertiary/aromatic N) is 1. The van der Waals surface area contributed by atoms with E-state index in [-0.39, 0.29) is 0 Å². The van der Waals surface area contributed by atoms with E-state index in [4.69, 9.17) is 0 Å². The normalized spacial score (nSPS) is 14.2. The van der Waals surface area contributed by atoms with Crippen LogP contribution in [0.2, 0.25) is 0 Å². The van der Waals surface area contributed by atoms with E-state index < -0.39 is 10.8 Å². The number of hydrogen-bond donors (Lipinski definition) is 0. The summed E-state index contributed by atoms with van der Waals surface area (Å²) in [6, 6.07) is 88.6. The molecule has 0 aromatic heterocycles. The molecular formula is C60H39N. The second-order valence-corrected chi connectivity index (χ2v) is 16.7. The molecule has 0 fully saturated rings. The highest BCUT2D eigenvalue weighted by molar-refractivity contribution is 5.99. The Morgan fingerprint density at radius 2 is 0.689 bits per heavy atom. The highest BCUT2D eigenvalue weighted by Crippen LogP contribution is 2.64. The summed E-state index contributed by atoms with van der Waals surface area (Å²) in [6.45, 7) is 0. The second kappa shape index (κ2) is 12.9. The molecule has 1 nitrogen and oxygen atoms in total. The molecule has 10 aromatic carbocycles. The van der Waals surface area contributed by atoms with Gasteiger partial charge in [-0.3, -0.25) is 0 Å². The van der Waals surface area contributed by atoms with Crippen LogP contribution in [0.1, 0.15) is 44.5 Å². The Labute approximate surface area is 356 Å². The van der Waals surface area contributed by atoms with Gasteiger partial charge in [0.25, 0.3) is 0 Å². The summed E-state index contributed by atoms with van der Waals surface area (Å²) < 4.78 is 0. The standard InChI is InChI=1S/C60H39N/c1-3-20-42(21-4-1)59(43-22-5-2-6-23-43)52-29-13-12-27-49(52)51-28-17-33-57(58(51)59)61(44-35-34-40-18-7-8-19-41(40)38-44)45-36-37-50-48-26-11-16-32-55(48)60(56(50)39-45)53-30-14-9-24-46(53)47-25-10-15-31-54(47)60/h1-39H. The van der Waals surface area contributed by atoms with Crippen molar-refractivity contribution in [3.8, 4) is 33.4 Å². The van der Waals surface area contributed by atoms with Crippen LogP contribution in [-0.4, -0.2) is 0 Å². The lowest BCUT2D eigenvalue weighted by Crippen LogP contribution is -2.30. The fraction of sp³-hybridized carbons (Fsp3) is 0.0333. The number of benzene rings is 10. The summed E-state index contributed by atoms with van der Waals surface area (Å²) in [6.07, 6.45) is 0. The van der Waals surface area contributed by atoms with E-state index in [0.29, 0.717) is 0 Å². The molecule has 0 unspecified atom stereocenters. The second-order valence-electron chi connectivity index (χ2n) is 16.7. The number of rotatable bonds is 5. The first-order valence-corrected chi connectivity index (χ1v) is 21.3. The van der Waals surface area contributed by atoms with Crippen molar-refractivity contribution in [1.82, 2.24) is 0 Å². The molecule has 1 heteroatoms. The summed E-state index contributed by atoms with van der Waals surface area (Å²) in [4.78, 5) is 2.56. The van der Waals surface area contributed by atoms with Gasteiger partial charge in [0.05, 0.1) is 16.5 Å². The van der Waals surface area contributed by atoms with Crippen molar-refractivity contribution in [2.75, 3.05) is 4.90 Å². The van der Waals surface area contributed by atoms with Crippen molar-refractivity contribution in [1.29, 1.82) is 0 Å². The lowest BCUT2D eigenvalue weighted by molar-refractivity contribution is 0.767. The predicted molar refractivity (Wildman–Crippen MR) is 252 cm³/mol. The van der Waals surface area contributed by atoms with E-state index in [1.54, 1.807) is 0 Å². The van der Waals surface area contributed by atoms with Gasteiger partial charge in [0, 0.05) is 16.9 Å². The highest BCUT2D eigenvalue weighted by Gasteiger charge is 2.52. The van der Waals surface area contributed by atoms with E-state index in [1.807, 2.05) is 0 Å². The third-order valence-corrected chi connectivity index (χ3v) is 13.9. The molecule has 0 N–H and O–H groups in total. The van der Waals surface area contributed by atoms with Crippen LogP contribution >= 0.6 is 0 Å². The van der Waals surface area contributed by atoms with E-state index >= 15 is 0 Å². The van der Waals surface area contributed by atoms with Crippen molar-refractivity contribution < 1.29 is 0 Å². The molecule has 10 aromatic rings. The van der Waals surface area contributed by atoms with Crippen LogP contribution in [0.25, 0.3) is 44.2 Å². The molecule has 0 aliphatic heterocycles. The molecule has 3 aliphatic rings. The first kappa shape index (κ1) is 34.2. The molecule has 0 saturated carbocycles. The molecule has 0 amide bonds. The van der Waals surface area contributed by atoms with E-state index in [2.05, 4.69) is 241 Å². The molecule has 0 atom stereocenters. The van der Waals surface area contributed by atoms with Gasteiger partial charge in [-0.15, -0.1) is 0 Å². The zero-order valence-electron chi connectivity index (χ0n) is 33.5. The summed E-state index contributed by atoms with van der Waals surface area (Å²) in [5, 5.41) is 2.43. The van der Waals surface area contributed by atoms with Gasteiger partial charge in [0.15, 0.2) is 0 Å². The topological polar surface area (TPSA) is 3.24 Å². The zero-order valence-corrected chi connectivity index (χ0v) is 33.5. The highest BCUT2D eigenvalue weighted by atomic mass is 15.1. The van der Waals surface area contributed by atoms with Crippen LogP contribution in [0.4, 0.5) is 17.1 Å². The number of hydrogen-bond acceptors (Lipinski definition) is 1. The molecule has 284 valence electrons. The third-order valence-electron chi connectivity index (χ3n) is 13.9. The minimum absolute atomic E-state index is 0.461. The third kappa shape index (κ3) is 4.50. The van der Waals surface area contributed by atoms with Gasteiger partial charge in [0.1, 0.15) is 0 Å². The van der Waals surface area contributed by atoms with Crippen LogP contribution < -0.4 is 4.90 Å². The fourth-order valence-electron chi connectivity index (χ4n) is 11.6. The Balaban J connectivity index is 1.15. The van der Waals surface area contributed by atoms with Gasteiger partial charge in [0.2, 0.25) is 0 Å². The molecular weight excluding hydrogens is 735 g/mol. The van der Waals surface area contributed by atoms with Crippen LogP contribution in [0.15, 0.2) is 237 Å². The Morgan fingerprint density at radius 1 is 0.262 bits per heavy atom. The monoisotopic (exact) mass is 773 g/mol. The maximum absolute atomic E-state index is 2.56. The molecule has 13 rings (SSSR count). The minimum atomic E-state index is -0.586. The van der Waals surface area contributed by atoms with Gasteiger partial charge >= 0.3 is 0 Å². The summed E-state index contributed by atoms with van der Waals surface area (Å²) >= 11 is 0. The summed E-state index contributed by atoms with van der Waals surface area (Å²) in [5.41, 5.74) is 20.6. The van der Waals surface area contributed by atoms with Crippen molar-refractivity contribution >= 4 is 27.8 Å². The van der Waals surface area contributed by atoms with Crippen molar-refractivity contribution in [3.63, 3.8) is 0 Å². The van der Waals surface area contributed by atoms with Crippen LogP contribution in [0.3, 0.4) is 0 Å². The maximum atomic E-state index is 2.56. The van der Waals surface area contributed by atoms with Crippen LogP contribution in [0, 0.1) is 0 Å². The lowest BCUT2D eigenvalue weighted by Gasteiger charge is -2.38. The fourth-order valence-corrected chi connectivity index (χ4v) is 11.6. The molecule has 3 aliphatic carbocycles. The Kier molecular flexibility index (Phi) is 7.21. The van der Waals surface area contributed by atoms with Gasteiger partial charge in [-0.2, -0.15) is 0 Å². The van der Waals surface area contributed by atoms with Crippen molar-refractivity contribution in [2.24, 2.45) is 0 Å². The van der Waals surface area contributed by atoms with Crippen LogP contribution in [-0.2, 0) is 10.8 Å². The Morgan fingerprint density at radius 3 is 1.28 bits per heavy atom. The van der Waals surface area contributed by atoms with Crippen molar-refractivity contribution in [3.05, 3.63) is 281 Å². The Bertz CT molecular complexity index is 3280. The summed E-state index contributed by atoms with van der Waals surface area (Å²) in [5.74, 6) is 0. The van der Waals surface area contributed by atoms with Gasteiger partial charge in [-0.05, 0) is 113 Å². The lowest BCUT2D eigenvalue weighted by atomic mass is 9.67. The van der Waals surface area contributed by atoms with E-state index in [1.165, 1.54) is 88.7 Å². The smallest absolute Gasteiger partial charge is 0.0734 e. The Hall–Kier alpha value is -7.74. The first-order chi connectivity index (χ1) is 30.3. The van der Waals surface area contributed by atoms with Gasteiger partial charge in [-0.25, -0.2) is 0 Å². The van der Waals surface area contributed by atoms with E-state index in [0.717, 1.165) is 17.1 Å². The molecule has 0 saturated heterocycles. The average Bonchev–Trinajstić information content (AvgIpc) is 3.93. The number of anilines is 3. The molecule has 1 spiro atoms. The average molecular weight is 774 g/mol. The molecule has 0 heterocycles. The molecule has 61 heavy (non-hydrogen) atoms. The molecule has 0 bridgehead atoms. The molecule has 0 radical (unpaired) electrons. The zero-order chi connectivity index (χ0) is 40.1. The predicted octanol–water partition coefficient (Wildman–Crippen LogP) is 15.0. The minimum Gasteiger partial charge on any atom is -0.310 e. The van der Waals surface area contributed by atoms with E-state index in [9.17, 15) is 0 Å². The van der Waals surface area contributed by atoms with Crippen LogP contribution in [0.5, 0.6) is 0 Å². The SMILES string of the molecule is c1ccc(C2(c3ccccc3)c3ccccc3-c3cccc(N(c4ccc5c(c4)C4(c6ccccc6-c6ccccc64)c4ccccc4-5)c4ccc5ccccc5c4)c32)cc1. The largest absolute Gasteiger partial charge is 0.310 e.